The molecule has 1 N–H and O–H groups in total. The van der Waals surface area contributed by atoms with Crippen molar-refractivity contribution in [3.05, 3.63) is 12.0 Å². The number of rotatable bonds is 3. The van der Waals surface area contributed by atoms with Crippen molar-refractivity contribution in [3.8, 4) is 0 Å². The Balaban J connectivity index is 1.77. The largest absolute Gasteiger partial charge is 0.369 e. The average molecular weight is 282 g/mol. The summed E-state index contributed by atoms with van der Waals surface area (Å²) in [6, 6.07) is 0. The number of aromatic nitrogens is 3. The summed E-state index contributed by atoms with van der Waals surface area (Å²) in [5.74, 6) is 1.31. The second kappa shape index (κ2) is 4.44. The number of fused-ring (bicyclic) bond motifs is 1. The number of anilines is 1. The molecule has 2 aromatic heterocycles. The fraction of sp³-hybridized carbons (Fsp3) is 0.545. The fourth-order valence-corrected chi connectivity index (χ4v) is 4.19. The molecule has 1 atom stereocenters. The van der Waals surface area contributed by atoms with Crippen molar-refractivity contribution in [3.63, 3.8) is 0 Å². The molecule has 0 aliphatic carbocycles. The summed E-state index contributed by atoms with van der Waals surface area (Å²) in [6.07, 6.45) is 2.10. The molecule has 0 bridgehead atoms. The van der Waals surface area contributed by atoms with Gasteiger partial charge in [0.1, 0.15) is 17.5 Å². The number of hydrogen-bond acceptors (Lipinski definition) is 7. The minimum absolute atomic E-state index is 0.134. The number of aryl methyl sites for hydroxylation is 1. The van der Waals surface area contributed by atoms with E-state index in [1.54, 1.807) is 0 Å². The third kappa shape index (κ3) is 2.40. The summed E-state index contributed by atoms with van der Waals surface area (Å²) in [7, 11) is -2.84. The number of hydrogen-bond donors (Lipinski definition) is 1. The highest BCUT2D eigenvalue weighted by Crippen LogP contribution is 2.24. The van der Waals surface area contributed by atoms with Gasteiger partial charge in [0.15, 0.2) is 9.84 Å². The Morgan fingerprint density at radius 2 is 2.32 bits per heavy atom. The van der Waals surface area contributed by atoms with E-state index in [1.165, 1.54) is 6.33 Å². The highest BCUT2D eigenvalue weighted by molar-refractivity contribution is 7.91. The SMILES string of the molecule is Cc1noc2ncnc(NCC3CCS(=O)(=O)C3)c12. The van der Waals surface area contributed by atoms with Gasteiger partial charge in [-0.15, -0.1) is 0 Å². The van der Waals surface area contributed by atoms with Crippen molar-refractivity contribution in [2.45, 2.75) is 13.3 Å². The Labute approximate surface area is 110 Å². The Kier molecular flexibility index (Phi) is 2.89. The molecule has 3 heterocycles. The van der Waals surface area contributed by atoms with E-state index in [1.807, 2.05) is 6.92 Å². The lowest BCUT2D eigenvalue weighted by Gasteiger charge is -2.10. The summed E-state index contributed by atoms with van der Waals surface area (Å²) in [4.78, 5) is 8.15. The molecule has 2 aromatic rings. The molecule has 0 saturated carbocycles. The van der Waals surface area contributed by atoms with Crippen LogP contribution in [-0.2, 0) is 9.84 Å². The molecule has 0 radical (unpaired) electrons. The normalized spacial score (nSPS) is 21.8. The first-order valence-corrected chi connectivity index (χ1v) is 7.88. The van der Waals surface area contributed by atoms with Gasteiger partial charge in [-0.1, -0.05) is 5.16 Å². The Morgan fingerprint density at radius 1 is 1.47 bits per heavy atom. The van der Waals surface area contributed by atoms with Gasteiger partial charge in [-0.2, -0.15) is 4.98 Å². The maximum atomic E-state index is 11.4. The van der Waals surface area contributed by atoms with Gasteiger partial charge in [0, 0.05) is 6.54 Å². The quantitative estimate of drug-likeness (QED) is 0.887. The van der Waals surface area contributed by atoms with E-state index in [4.69, 9.17) is 4.52 Å². The van der Waals surface area contributed by atoms with Gasteiger partial charge in [-0.05, 0) is 19.3 Å². The lowest BCUT2D eigenvalue weighted by Crippen LogP contribution is -2.16. The van der Waals surface area contributed by atoms with Crippen molar-refractivity contribution in [2.75, 3.05) is 23.4 Å². The molecule has 0 spiro atoms. The molecule has 7 nitrogen and oxygen atoms in total. The first-order chi connectivity index (χ1) is 9.05. The van der Waals surface area contributed by atoms with E-state index in [2.05, 4.69) is 20.4 Å². The summed E-state index contributed by atoms with van der Waals surface area (Å²) < 4.78 is 27.9. The Morgan fingerprint density at radius 3 is 3.05 bits per heavy atom. The predicted molar refractivity (Wildman–Crippen MR) is 69.6 cm³/mol. The van der Waals surface area contributed by atoms with Crippen LogP contribution in [0.4, 0.5) is 5.82 Å². The molecule has 8 heteroatoms. The molecule has 1 unspecified atom stereocenters. The third-order valence-electron chi connectivity index (χ3n) is 3.33. The fourth-order valence-electron chi connectivity index (χ4n) is 2.33. The van der Waals surface area contributed by atoms with Gasteiger partial charge in [-0.25, -0.2) is 13.4 Å². The van der Waals surface area contributed by atoms with Crippen LogP contribution in [0, 0.1) is 12.8 Å². The smallest absolute Gasteiger partial charge is 0.263 e. The highest BCUT2D eigenvalue weighted by atomic mass is 32.2. The van der Waals surface area contributed by atoms with Crippen molar-refractivity contribution >= 4 is 26.8 Å². The molecule has 1 aliphatic rings. The van der Waals surface area contributed by atoms with E-state index >= 15 is 0 Å². The zero-order valence-corrected chi connectivity index (χ0v) is 11.3. The predicted octanol–water partition coefficient (Wildman–Crippen LogP) is 0.773. The van der Waals surface area contributed by atoms with Crippen LogP contribution in [0.3, 0.4) is 0 Å². The van der Waals surface area contributed by atoms with Crippen LogP contribution >= 0.6 is 0 Å². The van der Waals surface area contributed by atoms with Gasteiger partial charge < -0.3 is 9.84 Å². The van der Waals surface area contributed by atoms with Crippen LogP contribution in [0.2, 0.25) is 0 Å². The second-order valence-electron chi connectivity index (χ2n) is 4.82. The summed E-state index contributed by atoms with van der Waals surface area (Å²) >= 11 is 0. The highest BCUT2D eigenvalue weighted by Gasteiger charge is 2.27. The first-order valence-electron chi connectivity index (χ1n) is 6.06. The maximum absolute atomic E-state index is 11.4. The molecular weight excluding hydrogens is 268 g/mol. The summed E-state index contributed by atoms with van der Waals surface area (Å²) in [5.41, 5.74) is 1.16. The van der Waals surface area contributed by atoms with Gasteiger partial charge in [0.2, 0.25) is 0 Å². The van der Waals surface area contributed by atoms with Gasteiger partial charge in [0.25, 0.3) is 5.71 Å². The monoisotopic (exact) mass is 282 g/mol. The summed E-state index contributed by atoms with van der Waals surface area (Å²) in [6.45, 7) is 2.40. The minimum atomic E-state index is -2.84. The van der Waals surface area contributed by atoms with E-state index in [0.29, 0.717) is 24.5 Å². The van der Waals surface area contributed by atoms with E-state index in [9.17, 15) is 8.42 Å². The topological polar surface area (TPSA) is 98.0 Å². The van der Waals surface area contributed by atoms with Crippen LogP contribution in [-0.4, -0.2) is 41.6 Å². The first kappa shape index (κ1) is 12.3. The lowest BCUT2D eigenvalue weighted by atomic mass is 10.1. The minimum Gasteiger partial charge on any atom is -0.369 e. The van der Waals surface area contributed by atoms with Gasteiger partial charge >= 0.3 is 0 Å². The zero-order chi connectivity index (χ0) is 13.5. The number of nitrogens with zero attached hydrogens (tertiary/aromatic N) is 3. The van der Waals surface area contributed by atoms with Crippen LogP contribution in [0.25, 0.3) is 11.1 Å². The van der Waals surface area contributed by atoms with Gasteiger partial charge in [0.05, 0.1) is 17.2 Å². The molecule has 102 valence electrons. The third-order valence-corrected chi connectivity index (χ3v) is 5.17. The van der Waals surface area contributed by atoms with Crippen LogP contribution < -0.4 is 5.32 Å². The van der Waals surface area contributed by atoms with E-state index < -0.39 is 9.84 Å². The van der Waals surface area contributed by atoms with E-state index in [-0.39, 0.29) is 17.4 Å². The molecule has 1 aliphatic heterocycles. The standard InChI is InChI=1S/C11H14N4O3S/c1-7-9-10(13-6-14-11(9)18-15-7)12-4-8-2-3-19(16,17)5-8/h6,8H,2-5H2,1H3,(H,12,13,14). The van der Waals surface area contributed by atoms with Crippen molar-refractivity contribution < 1.29 is 12.9 Å². The Bertz CT molecular complexity index is 710. The second-order valence-corrected chi connectivity index (χ2v) is 7.05. The Hall–Kier alpha value is -1.70. The average Bonchev–Trinajstić information content (AvgIpc) is 2.91. The molecular formula is C11H14N4O3S. The number of nitrogens with one attached hydrogen (secondary N) is 1. The van der Waals surface area contributed by atoms with Gasteiger partial charge in [-0.3, -0.25) is 0 Å². The van der Waals surface area contributed by atoms with Crippen molar-refractivity contribution in [1.29, 1.82) is 0 Å². The van der Waals surface area contributed by atoms with Crippen molar-refractivity contribution in [1.82, 2.24) is 15.1 Å². The van der Waals surface area contributed by atoms with Crippen molar-refractivity contribution in [2.24, 2.45) is 5.92 Å². The van der Waals surface area contributed by atoms with E-state index in [0.717, 1.165) is 11.1 Å². The lowest BCUT2D eigenvalue weighted by molar-refractivity contribution is 0.442. The van der Waals surface area contributed by atoms with Crippen LogP contribution in [0.1, 0.15) is 12.1 Å². The summed E-state index contributed by atoms with van der Waals surface area (Å²) in [5, 5.41) is 7.78. The zero-order valence-electron chi connectivity index (χ0n) is 10.5. The van der Waals surface area contributed by atoms with Crippen LogP contribution in [0.15, 0.2) is 10.9 Å². The molecule has 0 aromatic carbocycles. The number of sulfone groups is 1. The molecule has 0 amide bonds. The molecule has 1 saturated heterocycles. The maximum Gasteiger partial charge on any atom is 0.263 e. The molecule has 19 heavy (non-hydrogen) atoms. The van der Waals surface area contributed by atoms with Crippen LogP contribution in [0.5, 0.6) is 0 Å². The molecule has 3 rings (SSSR count). The molecule has 1 fully saturated rings.